The second kappa shape index (κ2) is 8.92. The molecule has 1 saturated carbocycles. The highest BCUT2D eigenvalue weighted by Crippen LogP contribution is 2.27. The van der Waals surface area contributed by atoms with E-state index in [1.165, 1.54) is 15.6 Å². The number of rotatable bonds is 4. The molecular formula is C23H27F2N5O3. The van der Waals surface area contributed by atoms with E-state index in [9.17, 15) is 23.2 Å². The molecule has 2 aliphatic rings. The fraction of sp³-hybridized carbons (Fsp3) is 0.478. The zero-order valence-electron chi connectivity index (χ0n) is 18.7. The summed E-state index contributed by atoms with van der Waals surface area (Å²) in [4.78, 5) is 40.2. The molecule has 1 aliphatic carbocycles. The maximum atomic E-state index is 13.9. The molecule has 0 spiro atoms. The number of nitrogens with one attached hydrogen (secondary N) is 2. The molecule has 3 amide bonds. The number of hydrogen-bond acceptors (Lipinski definition) is 4. The number of benzene rings is 1. The van der Waals surface area contributed by atoms with Crippen molar-refractivity contribution in [2.24, 2.45) is 0 Å². The molecule has 1 fully saturated rings. The molecule has 1 atom stereocenters. The van der Waals surface area contributed by atoms with Gasteiger partial charge in [0.2, 0.25) is 5.91 Å². The van der Waals surface area contributed by atoms with Gasteiger partial charge in [-0.3, -0.25) is 19.1 Å². The highest BCUT2D eigenvalue weighted by molar-refractivity contribution is 6.05. The van der Waals surface area contributed by atoms with Gasteiger partial charge in [0.25, 0.3) is 11.8 Å². The Labute approximate surface area is 190 Å². The van der Waals surface area contributed by atoms with Crippen LogP contribution in [-0.2, 0) is 11.3 Å². The van der Waals surface area contributed by atoms with Crippen LogP contribution in [0.3, 0.4) is 0 Å². The lowest BCUT2D eigenvalue weighted by molar-refractivity contribution is -0.133. The molecule has 10 heteroatoms. The van der Waals surface area contributed by atoms with Gasteiger partial charge >= 0.3 is 0 Å². The summed E-state index contributed by atoms with van der Waals surface area (Å²) in [5, 5.41) is 9.63. The van der Waals surface area contributed by atoms with Gasteiger partial charge in [0.05, 0.1) is 12.2 Å². The van der Waals surface area contributed by atoms with Gasteiger partial charge in [-0.2, -0.15) is 5.10 Å². The minimum absolute atomic E-state index is 0.0708. The third-order valence-electron chi connectivity index (χ3n) is 6.59. The number of fused-ring (bicyclic) bond motifs is 1. The third-order valence-corrected chi connectivity index (χ3v) is 6.59. The van der Waals surface area contributed by atoms with Gasteiger partial charge in [0, 0.05) is 25.2 Å². The Morgan fingerprint density at radius 1 is 1.12 bits per heavy atom. The first kappa shape index (κ1) is 22.9. The molecule has 176 valence electrons. The summed E-state index contributed by atoms with van der Waals surface area (Å²) in [7, 11) is 1.55. The van der Waals surface area contributed by atoms with Crippen molar-refractivity contribution >= 4 is 23.4 Å². The molecular weight excluding hydrogens is 432 g/mol. The van der Waals surface area contributed by atoms with Crippen molar-refractivity contribution in [3.63, 3.8) is 0 Å². The summed E-state index contributed by atoms with van der Waals surface area (Å²) in [5.74, 6) is -3.14. The average molecular weight is 459 g/mol. The summed E-state index contributed by atoms with van der Waals surface area (Å²) >= 11 is 0. The molecule has 0 radical (unpaired) electrons. The predicted molar refractivity (Wildman–Crippen MR) is 117 cm³/mol. The fourth-order valence-electron chi connectivity index (χ4n) is 4.38. The van der Waals surface area contributed by atoms with E-state index in [2.05, 4.69) is 15.7 Å². The Bertz CT molecular complexity index is 1090. The van der Waals surface area contributed by atoms with Crippen LogP contribution in [0.15, 0.2) is 24.3 Å². The van der Waals surface area contributed by atoms with E-state index in [1.807, 2.05) is 0 Å². The second-order valence-electron chi connectivity index (χ2n) is 8.95. The SMILES string of the molecule is CN1C(=O)c2cc(C(=O)Nc3ccc(F)cc3F)nn2C[C@@]1(C)C(=O)NC1CCCCCC1. The zero-order chi connectivity index (χ0) is 23.8. The summed E-state index contributed by atoms with van der Waals surface area (Å²) in [6.07, 6.45) is 6.27. The fourth-order valence-corrected chi connectivity index (χ4v) is 4.38. The lowest BCUT2D eigenvalue weighted by Gasteiger charge is -2.41. The average Bonchev–Trinajstić information content (AvgIpc) is 3.02. The topological polar surface area (TPSA) is 96.3 Å². The number of anilines is 1. The van der Waals surface area contributed by atoms with E-state index < -0.39 is 29.0 Å². The van der Waals surface area contributed by atoms with Crippen molar-refractivity contribution in [3.05, 3.63) is 47.3 Å². The van der Waals surface area contributed by atoms with Gasteiger partial charge in [0.1, 0.15) is 22.9 Å². The molecule has 1 aliphatic heterocycles. The number of likely N-dealkylation sites (N-methyl/N-ethyl adjacent to an activating group) is 1. The molecule has 0 unspecified atom stereocenters. The van der Waals surface area contributed by atoms with E-state index in [1.54, 1.807) is 14.0 Å². The molecule has 2 N–H and O–H groups in total. The van der Waals surface area contributed by atoms with Crippen molar-refractivity contribution in [2.45, 2.75) is 63.6 Å². The highest BCUT2D eigenvalue weighted by Gasteiger charge is 2.46. The van der Waals surface area contributed by atoms with E-state index >= 15 is 0 Å². The minimum Gasteiger partial charge on any atom is -0.351 e. The first-order valence-corrected chi connectivity index (χ1v) is 11.1. The van der Waals surface area contributed by atoms with Crippen molar-refractivity contribution in [1.29, 1.82) is 0 Å². The molecule has 0 bridgehead atoms. The molecule has 33 heavy (non-hydrogen) atoms. The first-order chi connectivity index (χ1) is 15.7. The van der Waals surface area contributed by atoms with Crippen molar-refractivity contribution in [1.82, 2.24) is 20.0 Å². The van der Waals surface area contributed by atoms with E-state index in [-0.39, 0.29) is 35.6 Å². The Morgan fingerprint density at radius 2 is 1.82 bits per heavy atom. The van der Waals surface area contributed by atoms with Crippen LogP contribution < -0.4 is 10.6 Å². The largest absolute Gasteiger partial charge is 0.351 e. The molecule has 4 rings (SSSR count). The molecule has 8 nitrogen and oxygen atoms in total. The Balaban J connectivity index is 1.53. The van der Waals surface area contributed by atoms with Gasteiger partial charge in [0.15, 0.2) is 5.69 Å². The summed E-state index contributed by atoms with van der Waals surface area (Å²) in [5.41, 5.74) is -1.34. The molecule has 2 aromatic rings. The van der Waals surface area contributed by atoms with Crippen LogP contribution in [-0.4, -0.2) is 51.0 Å². The van der Waals surface area contributed by atoms with Gasteiger partial charge in [-0.25, -0.2) is 8.78 Å². The smallest absolute Gasteiger partial charge is 0.276 e. The van der Waals surface area contributed by atoms with Gasteiger partial charge in [-0.15, -0.1) is 0 Å². The van der Waals surface area contributed by atoms with Crippen LogP contribution in [0.5, 0.6) is 0 Å². The Morgan fingerprint density at radius 3 is 2.48 bits per heavy atom. The van der Waals surface area contributed by atoms with Crippen molar-refractivity contribution in [3.8, 4) is 0 Å². The van der Waals surface area contributed by atoms with Crippen LogP contribution in [0, 0.1) is 11.6 Å². The maximum Gasteiger partial charge on any atom is 0.276 e. The Hall–Kier alpha value is -3.30. The first-order valence-electron chi connectivity index (χ1n) is 11.1. The van der Waals surface area contributed by atoms with Gasteiger partial charge in [-0.1, -0.05) is 25.7 Å². The number of carbonyl (C=O) groups excluding carboxylic acids is 3. The van der Waals surface area contributed by atoms with Crippen LogP contribution in [0.2, 0.25) is 0 Å². The van der Waals surface area contributed by atoms with Crippen molar-refractivity contribution < 1.29 is 23.2 Å². The molecule has 1 aromatic heterocycles. The lowest BCUT2D eigenvalue weighted by Crippen LogP contribution is -2.63. The lowest BCUT2D eigenvalue weighted by atomic mass is 9.95. The molecule has 0 saturated heterocycles. The summed E-state index contributed by atoms with van der Waals surface area (Å²) in [6, 6.07) is 4.16. The predicted octanol–water partition coefficient (Wildman–Crippen LogP) is 3.10. The van der Waals surface area contributed by atoms with Gasteiger partial charge in [-0.05, 0) is 31.9 Å². The third kappa shape index (κ3) is 4.46. The van der Waals surface area contributed by atoms with E-state index in [4.69, 9.17) is 0 Å². The molecule has 2 heterocycles. The standard InChI is InChI=1S/C23H27F2N5O3/c1-23(22(33)26-15-7-5-3-4-6-8-15)13-30-19(21(32)29(23)2)12-18(28-30)20(31)27-17-10-9-14(24)11-16(17)25/h9-12,15H,3-8,13H2,1-2H3,(H,26,33)(H,27,31)/t23-/m0/s1. The zero-order valence-corrected chi connectivity index (χ0v) is 18.7. The number of amides is 3. The number of carbonyl (C=O) groups is 3. The second-order valence-corrected chi connectivity index (χ2v) is 8.95. The summed E-state index contributed by atoms with van der Waals surface area (Å²) in [6.45, 7) is 1.75. The highest BCUT2D eigenvalue weighted by atomic mass is 19.1. The number of aromatic nitrogens is 2. The van der Waals surface area contributed by atoms with Crippen LogP contribution in [0.1, 0.15) is 66.4 Å². The number of nitrogens with zero attached hydrogens (tertiary/aromatic N) is 3. The summed E-state index contributed by atoms with van der Waals surface area (Å²) < 4.78 is 28.3. The van der Waals surface area contributed by atoms with E-state index in [0.717, 1.165) is 50.7 Å². The van der Waals surface area contributed by atoms with Crippen LogP contribution in [0.4, 0.5) is 14.5 Å². The van der Waals surface area contributed by atoms with Crippen LogP contribution in [0.25, 0.3) is 0 Å². The maximum absolute atomic E-state index is 13.9. The van der Waals surface area contributed by atoms with Crippen LogP contribution >= 0.6 is 0 Å². The Kier molecular flexibility index (Phi) is 6.18. The normalized spacial score (nSPS) is 21.3. The van der Waals surface area contributed by atoms with Gasteiger partial charge < -0.3 is 15.5 Å². The van der Waals surface area contributed by atoms with E-state index in [0.29, 0.717) is 6.07 Å². The minimum atomic E-state index is -1.18. The number of halogens is 2. The van der Waals surface area contributed by atoms with Crippen molar-refractivity contribution in [2.75, 3.05) is 12.4 Å². The quantitative estimate of drug-likeness (QED) is 0.687. The monoisotopic (exact) mass is 459 g/mol. The number of hydrogen-bond donors (Lipinski definition) is 2. The molecule has 1 aromatic carbocycles.